The summed E-state index contributed by atoms with van der Waals surface area (Å²) in [7, 11) is 3.02. The standard InChI is InChI=1S/C42H66N4O20.C11H19NO6/c1-27(47)3-15-40(19-7-31(51)52,20-8-32(53)54)44-28(48)4-16-39(43-2,17-5-29(49)45-41(21-9-33(55)56,22-10-34(57)58)23-11-35(59)60)18-6-30(50)46-42(24-12-36(61)62,25-13-37(63)64)26-14-38(65)66;1-12-11(5-2-8(13)14,6-3-9(15)16)7-4-10(17)18/h43H,3-26H2,1-2H3,(H,44,48)(H,45,49)(H,46,50)(H,51,52)(H,53,54)(H,55,56)(H,57,58)(H,59,60)(H,61,62)(H,63,64)(H,65,66);12H,2-7H2,1H3,(H,13,14)(H,15,16)(H,17,18). The maximum Gasteiger partial charge on any atom is 0.303 e. The summed E-state index contributed by atoms with van der Waals surface area (Å²) in [6.07, 6.45) is -8.81. The van der Waals surface area contributed by atoms with E-state index in [0.29, 0.717) is 0 Å². The summed E-state index contributed by atoms with van der Waals surface area (Å²) in [5.74, 6) is -15.9. The quantitative estimate of drug-likeness (QED) is 0.0416. The number of hydrogen-bond acceptors (Lipinski definition) is 17. The lowest BCUT2D eigenvalue weighted by atomic mass is 9.80. The largest absolute Gasteiger partial charge is 0.481 e. The van der Waals surface area contributed by atoms with Gasteiger partial charge in [-0.2, -0.15) is 0 Å². The van der Waals surface area contributed by atoms with E-state index in [9.17, 15) is 113 Å². The molecule has 16 N–H and O–H groups in total. The first-order valence-corrected chi connectivity index (χ1v) is 27.1. The molecule has 0 rings (SSSR count). The summed E-state index contributed by atoms with van der Waals surface area (Å²) in [5.41, 5.74) is -6.79. The Labute approximate surface area is 484 Å². The van der Waals surface area contributed by atoms with E-state index in [-0.39, 0.29) is 128 Å². The average molecular weight is 1210 g/mol. The van der Waals surface area contributed by atoms with Gasteiger partial charge in [-0.05, 0) is 117 Å². The summed E-state index contributed by atoms with van der Waals surface area (Å²) in [4.78, 5) is 178. The molecule has 0 aromatic heterocycles. The minimum absolute atomic E-state index is 0.104. The van der Waals surface area contributed by atoms with Crippen molar-refractivity contribution in [3.63, 3.8) is 0 Å². The van der Waals surface area contributed by atoms with E-state index in [2.05, 4.69) is 26.6 Å². The zero-order chi connectivity index (χ0) is 64.9. The van der Waals surface area contributed by atoms with E-state index in [1.54, 1.807) is 7.05 Å². The minimum Gasteiger partial charge on any atom is -0.481 e. The van der Waals surface area contributed by atoms with Gasteiger partial charge in [0.15, 0.2) is 0 Å². The Morgan fingerprint density at radius 1 is 0.226 bits per heavy atom. The normalized spacial score (nSPS) is 11.7. The molecule has 0 aliphatic heterocycles. The summed E-state index contributed by atoms with van der Waals surface area (Å²) >= 11 is 0. The van der Waals surface area contributed by atoms with Crippen LogP contribution >= 0.6 is 0 Å². The van der Waals surface area contributed by atoms with E-state index < -0.39 is 182 Å². The number of amides is 3. The maximum atomic E-state index is 13.8. The Bertz CT molecular complexity index is 1910. The van der Waals surface area contributed by atoms with Crippen LogP contribution in [0.4, 0.5) is 0 Å². The monoisotopic (exact) mass is 1210 g/mol. The number of carboxylic acids is 11. The van der Waals surface area contributed by atoms with Gasteiger partial charge in [0, 0.05) is 124 Å². The fourth-order valence-electron chi connectivity index (χ4n) is 9.54. The number of carbonyl (C=O) groups is 15. The number of hydrogen-bond donors (Lipinski definition) is 16. The number of carboxylic acid groups (broad SMARTS) is 11. The summed E-state index contributed by atoms with van der Waals surface area (Å²) in [6, 6.07) is 0. The van der Waals surface area contributed by atoms with Gasteiger partial charge in [-0.3, -0.25) is 67.1 Å². The van der Waals surface area contributed by atoms with Crippen LogP contribution < -0.4 is 26.6 Å². The fraction of sp³-hybridized carbons (Fsp3) is 0.717. The van der Waals surface area contributed by atoms with Crippen molar-refractivity contribution in [3.05, 3.63) is 0 Å². The van der Waals surface area contributed by atoms with Gasteiger partial charge in [-0.1, -0.05) is 0 Å². The molecule has 0 fully saturated rings. The molecule has 84 heavy (non-hydrogen) atoms. The third-order valence-corrected chi connectivity index (χ3v) is 14.7. The number of nitrogens with one attached hydrogen (secondary N) is 5. The van der Waals surface area contributed by atoms with Crippen molar-refractivity contribution in [1.82, 2.24) is 26.6 Å². The average Bonchev–Trinajstić information content (AvgIpc) is 3.39. The molecule has 0 unspecified atom stereocenters. The van der Waals surface area contributed by atoms with Crippen molar-refractivity contribution >= 4 is 89.2 Å². The van der Waals surface area contributed by atoms with Crippen molar-refractivity contribution < 1.29 is 128 Å². The molecular weight excluding hydrogens is 1120 g/mol. The van der Waals surface area contributed by atoms with E-state index in [1.165, 1.54) is 14.0 Å². The highest BCUT2D eigenvalue weighted by molar-refractivity contribution is 5.80. The van der Waals surface area contributed by atoms with Gasteiger partial charge in [0.05, 0.1) is 0 Å². The van der Waals surface area contributed by atoms with Gasteiger partial charge < -0.3 is 87.6 Å². The first-order chi connectivity index (χ1) is 38.9. The van der Waals surface area contributed by atoms with Gasteiger partial charge >= 0.3 is 65.7 Å². The highest BCUT2D eigenvalue weighted by Crippen LogP contribution is 2.33. The number of Topliss-reactive ketones (excluding diaryl/α,β-unsaturated/α-hetero) is 1. The molecule has 0 spiro atoms. The zero-order valence-corrected chi connectivity index (χ0v) is 47.8. The topological polar surface area (TPSA) is 539 Å². The van der Waals surface area contributed by atoms with Crippen LogP contribution in [0.15, 0.2) is 0 Å². The van der Waals surface area contributed by atoms with E-state index >= 15 is 0 Å². The lowest BCUT2D eigenvalue weighted by molar-refractivity contribution is -0.141. The molecule has 0 aliphatic carbocycles. The number of aliphatic carboxylic acids is 11. The summed E-state index contributed by atoms with van der Waals surface area (Å²) in [5, 5.41) is 115. The molecule has 0 atom stereocenters. The maximum absolute atomic E-state index is 13.8. The van der Waals surface area contributed by atoms with Gasteiger partial charge in [0.1, 0.15) is 5.78 Å². The Morgan fingerprint density at radius 2 is 0.357 bits per heavy atom. The van der Waals surface area contributed by atoms with Crippen LogP contribution in [0, 0.1) is 0 Å². The molecule has 0 aromatic carbocycles. The zero-order valence-electron chi connectivity index (χ0n) is 47.8. The third kappa shape index (κ3) is 37.3. The van der Waals surface area contributed by atoms with Crippen LogP contribution in [0.25, 0.3) is 0 Å². The molecule has 0 radical (unpaired) electrons. The first-order valence-electron chi connectivity index (χ1n) is 27.1. The van der Waals surface area contributed by atoms with E-state index in [1.807, 2.05) is 0 Å². The van der Waals surface area contributed by atoms with Crippen LogP contribution in [0.5, 0.6) is 0 Å². The van der Waals surface area contributed by atoms with Gasteiger partial charge in [-0.15, -0.1) is 0 Å². The van der Waals surface area contributed by atoms with Gasteiger partial charge in [-0.25, -0.2) is 0 Å². The predicted octanol–water partition coefficient (Wildman–Crippen LogP) is 2.68. The van der Waals surface area contributed by atoms with Crippen molar-refractivity contribution in [1.29, 1.82) is 0 Å². The second-order valence-corrected chi connectivity index (χ2v) is 21.1. The van der Waals surface area contributed by atoms with Crippen molar-refractivity contribution in [3.8, 4) is 0 Å². The summed E-state index contributed by atoms with van der Waals surface area (Å²) in [6.45, 7) is 1.26. The second kappa shape index (κ2) is 39.6. The van der Waals surface area contributed by atoms with E-state index in [0.717, 1.165) is 0 Å². The smallest absolute Gasteiger partial charge is 0.303 e. The van der Waals surface area contributed by atoms with Gasteiger partial charge in [0.2, 0.25) is 17.7 Å². The lowest BCUT2D eigenvalue weighted by Gasteiger charge is -2.38. The Kier molecular flexibility index (Phi) is 36.9. The van der Waals surface area contributed by atoms with Crippen LogP contribution in [0.2, 0.25) is 0 Å². The van der Waals surface area contributed by atoms with Crippen LogP contribution in [-0.4, -0.2) is 187 Å². The van der Waals surface area contributed by atoms with E-state index in [4.69, 9.17) is 15.3 Å². The molecule has 0 aromatic rings. The molecular formula is C53H85N5O26. The molecule has 0 heterocycles. The Morgan fingerprint density at radius 3 is 0.488 bits per heavy atom. The Hall–Kier alpha value is -7.83. The van der Waals surface area contributed by atoms with Crippen molar-refractivity contribution in [2.45, 2.75) is 227 Å². The highest BCUT2D eigenvalue weighted by atomic mass is 16.4. The second-order valence-electron chi connectivity index (χ2n) is 21.1. The lowest BCUT2D eigenvalue weighted by Crippen LogP contribution is -2.52. The minimum atomic E-state index is -1.60. The van der Waals surface area contributed by atoms with Crippen molar-refractivity contribution in [2.24, 2.45) is 0 Å². The van der Waals surface area contributed by atoms with Crippen molar-refractivity contribution in [2.75, 3.05) is 14.1 Å². The number of carbonyl (C=O) groups excluding carboxylic acids is 4. The molecule has 0 aliphatic rings. The first kappa shape index (κ1) is 78.2. The number of ketones is 1. The third-order valence-electron chi connectivity index (χ3n) is 14.7. The molecule has 0 bridgehead atoms. The summed E-state index contributed by atoms with van der Waals surface area (Å²) < 4.78 is 0. The molecule has 478 valence electrons. The van der Waals surface area contributed by atoms with Crippen LogP contribution in [-0.2, 0) is 71.9 Å². The SMILES string of the molecule is CNC(CCC(=O)NC(CCC(C)=O)(CCC(=O)O)CCC(=O)O)(CCC(=O)NC(CCC(=O)O)(CCC(=O)O)CCC(=O)O)CCC(=O)NC(CCC(=O)O)(CCC(=O)O)CCC(=O)O.CNC(CCC(=O)O)(CCC(=O)O)CCC(=O)O. The Balaban J connectivity index is 0. The van der Waals surface area contributed by atoms with Crippen LogP contribution in [0.1, 0.15) is 200 Å². The predicted molar refractivity (Wildman–Crippen MR) is 289 cm³/mol. The number of rotatable bonds is 50. The van der Waals surface area contributed by atoms with Gasteiger partial charge in [0.25, 0.3) is 0 Å². The molecule has 31 heteroatoms. The molecule has 31 nitrogen and oxygen atoms in total. The highest BCUT2D eigenvalue weighted by Gasteiger charge is 2.39. The van der Waals surface area contributed by atoms with Crippen LogP contribution in [0.3, 0.4) is 0 Å². The fourth-order valence-corrected chi connectivity index (χ4v) is 9.54. The molecule has 0 saturated carbocycles. The molecule has 0 saturated heterocycles. The molecule has 3 amide bonds.